The van der Waals surface area contributed by atoms with E-state index in [0.717, 1.165) is 59.1 Å². The highest BCUT2D eigenvalue weighted by atomic mass is 32.2. The summed E-state index contributed by atoms with van der Waals surface area (Å²) in [7, 11) is -1.79. The van der Waals surface area contributed by atoms with Crippen LogP contribution in [0.5, 0.6) is 0 Å². The molecule has 0 radical (unpaired) electrons. The Balaban J connectivity index is 1.15. The Morgan fingerprint density at radius 2 is 1.88 bits per heavy atom. The molecule has 0 unspecified atom stereocenters. The third-order valence-electron chi connectivity index (χ3n) is 6.98. The van der Waals surface area contributed by atoms with Crippen LogP contribution in [0.1, 0.15) is 48.9 Å². The molecule has 2 aliphatic carbocycles. The van der Waals surface area contributed by atoms with Crippen LogP contribution in [0.4, 0.5) is 0 Å². The number of pyridine rings is 1. The maximum atomic E-state index is 12.5. The van der Waals surface area contributed by atoms with Gasteiger partial charge in [-0.25, -0.2) is 0 Å². The predicted octanol–water partition coefficient (Wildman–Crippen LogP) is 4.37. The molecule has 0 saturated heterocycles. The zero-order chi connectivity index (χ0) is 23.4. The van der Waals surface area contributed by atoms with Crippen molar-refractivity contribution in [2.24, 2.45) is 13.0 Å². The molecule has 2 fully saturated rings. The second-order valence-corrected chi connectivity index (χ2v) is 11.2. The van der Waals surface area contributed by atoms with Gasteiger partial charge in [0.05, 0.1) is 40.6 Å². The first-order chi connectivity index (χ1) is 16.4. The fourth-order valence-corrected chi connectivity index (χ4v) is 5.63. The van der Waals surface area contributed by atoms with Gasteiger partial charge >= 0.3 is 0 Å². The Bertz CT molecular complexity index is 1460. The van der Waals surface area contributed by atoms with Crippen molar-refractivity contribution in [3.8, 4) is 11.3 Å². The van der Waals surface area contributed by atoms with E-state index >= 15 is 0 Å². The number of nitrogens with zero attached hydrogens (tertiary/aromatic N) is 5. The van der Waals surface area contributed by atoms with E-state index in [-0.39, 0.29) is 23.5 Å². The molecular weight excluding hydrogens is 450 g/mol. The number of aryl methyl sites for hydroxylation is 2. The molecule has 3 aromatic heterocycles. The molecule has 9 heteroatoms. The van der Waals surface area contributed by atoms with E-state index in [2.05, 4.69) is 22.0 Å². The Morgan fingerprint density at radius 1 is 1.12 bits per heavy atom. The second-order valence-electron chi connectivity index (χ2n) is 9.62. The van der Waals surface area contributed by atoms with Gasteiger partial charge in [0.1, 0.15) is 0 Å². The van der Waals surface area contributed by atoms with Gasteiger partial charge in [0.15, 0.2) is 0 Å². The summed E-state index contributed by atoms with van der Waals surface area (Å²) in [6.45, 7) is 2.13. The van der Waals surface area contributed by atoms with Crippen molar-refractivity contribution in [3.05, 3.63) is 60.2 Å². The Kier molecular flexibility index (Phi) is 5.07. The van der Waals surface area contributed by atoms with Crippen LogP contribution in [-0.4, -0.2) is 39.6 Å². The average Bonchev–Trinajstić information content (AvgIpc) is 3.45. The number of benzene rings is 1. The van der Waals surface area contributed by atoms with Crippen LogP contribution in [-0.2, 0) is 21.3 Å². The van der Waals surface area contributed by atoms with Crippen LogP contribution in [0.25, 0.3) is 22.2 Å². The van der Waals surface area contributed by atoms with Crippen molar-refractivity contribution in [1.29, 1.82) is 0 Å². The van der Waals surface area contributed by atoms with Crippen LogP contribution in [0.3, 0.4) is 0 Å². The molecular formula is C25H27N5O3S. The van der Waals surface area contributed by atoms with Gasteiger partial charge in [-0.2, -0.15) is 18.6 Å². The molecule has 1 aromatic carbocycles. The summed E-state index contributed by atoms with van der Waals surface area (Å²) in [6, 6.07) is 9.09. The molecule has 0 amide bonds. The second kappa shape index (κ2) is 8.02. The third kappa shape index (κ3) is 3.92. The van der Waals surface area contributed by atoms with Crippen molar-refractivity contribution in [2.45, 2.75) is 49.5 Å². The normalized spacial score (nSPS) is 20.5. The van der Waals surface area contributed by atoms with Crippen molar-refractivity contribution in [2.75, 3.05) is 6.61 Å². The Morgan fingerprint density at radius 3 is 2.62 bits per heavy atom. The van der Waals surface area contributed by atoms with Gasteiger partial charge in [0, 0.05) is 36.3 Å². The van der Waals surface area contributed by atoms with E-state index < -0.39 is 10.1 Å². The molecule has 8 nitrogen and oxygen atoms in total. The minimum absolute atomic E-state index is 0.200. The molecule has 2 saturated carbocycles. The van der Waals surface area contributed by atoms with Crippen LogP contribution in [0.2, 0.25) is 0 Å². The quantitative estimate of drug-likeness (QED) is 0.367. The van der Waals surface area contributed by atoms with Gasteiger partial charge in [-0.3, -0.25) is 18.5 Å². The number of hydrogen-bond acceptors (Lipinski definition) is 6. The molecule has 0 bridgehead atoms. The standard InChI is InChI=1S/C25H27N5O3S/c1-16-3-7-21(8-4-16)34(31,32)33-15-17-9-20(10-17)30-14-22(25(28-30)18-5-6-18)23-11-24-19(12-26-23)13-27-29(24)2/h3-4,7-8,11-14,17-18,20H,5-6,9-10,15H2,1-2H3. The monoisotopic (exact) mass is 477 g/mol. The third-order valence-corrected chi connectivity index (χ3v) is 8.28. The van der Waals surface area contributed by atoms with Gasteiger partial charge in [-0.15, -0.1) is 0 Å². The summed E-state index contributed by atoms with van der Waals surface area (Å²) >= 11 is 0. The fraction of sp³-hybridized carbons (Fsp3) is 0.400. The predicted molar refractivity (Wildman–Crippen MR) is 128 cm³/mol. The molecule has 0 aliphatic heterocycles. The Labute approximate surface area is 198 Å². The van der Waals surface area contributed by atoms with E-state index in [9.17, 15) is 8.42 Å². The zero-order valence-corrected chi connectivity index (χ0v) is 20.1. The minimum Gasteiger partial charge on any atom is -0.269 e. The van der Waals surface area contributed by atoms with Crippen molar-refractivity contribution >= 4 is 21.0 Å². The van der Waals surface area contributed by atoms with E-state index in [1.165, 1.54) is 0 Å². The zero-order valence-electron chi connectivity index (χ0n) is 19.3. The molecule has 0 atom stereocenters. The van der Waals surface area contributed by atoms with Crippen molar-refractivity contribution < 1.29 is 12.6 Å². The summed E-state index contributed by atoms with van der Waals surface area (Å²) in [5, 5.41) is 10.3. The minimum atomic E-state index is -3.73. The van der Waals surface area contributed by atoms with Crippen molar-refractivity contribution in [3.63, 3.8) is 0 Å². The summed E-state index contributed by atoms with van der Waals surface area (Å²) in [5.74, 6) is 0.699. The number of aromatic nitrogens is 5. The number of hydrogen-bond donors (Lipinski definition) is 0. The topological polar surface area (TPSA) is 91.9 Å². The SMILES string of the molecule is Cc1ccc(S(=O)(=O)OCC2CC(n3cc(-c4cc5c(cn4)cnn5C)c(C4CC4)n3)C2)cc1. The smallest absolute Gasteiger partial charge is 0.269 e. The lowest BCUT2D eigenvalue weighted by Crippen LogP contribution is -2.31. The highest BCUT2D eigenvalue weighted by molar-refractivity contribution is 7.86. The van der Waals surface area contributed by atoms with Crippen LogP contribution < -0.4 is 0 Å². The molecule has 4 aromatic rings. The molecule has 6 rings (SSSR count). The average molecular weight is 478 g/mol. The molecule has 0 N–H and O–H groups in total. The van der Waals surface area contributed by atoms with E-state index in [0.29, 0.717) is 5.92 Å². The highest BCUT2D eigenvalue weighted by Gasteiger charge is 2.36. The van der Waals surface area contributed by atoms with E-state index in [4.69, 9.17) is 14.3 Å². The maximum absolute atomic E-state index is 12.5. The lowest BCUT2D eigenvalue weighted by molar-refractivity contribution is 0.120. The first kappa shape index (κ1) is 21.5. The lowest BCUT2D eigenvalue weighted by atomic mass is 9.81. The van der Waals surface area contributed by atoms with Gasteiger partial charge in [-0.1, -0.05) is 17.7 Å². The van der Waals surface area contributed by atoms with Crippen molar-refractivity contribution in [1.82, 2.24) is 24.5 Å². The first-order valence-electron chi connectivity index (χ1n) is 11.7. The maximum Gasteiger partial charge on any atom is 0.296 e. The largest absolute Gasteiger partial charge is 0.296 e. The fourth-order valence-electron chi connectivity index (χ4n) is 4.65. The summed E-state index contributed by atoms with van der Waals surface area (Å²) < 4.78 is 34.2. The molecule has 0 spiro atoms. The summed E-state index contributed by atoms with van der Waals surface area (Å²) in [4.78, 5) is 4.90. The molecule has 2 aliphatic rings. The van der Waals surface area contributed by atoms with E-state index in [1.807, 2.05) is 31.0 Å². The summed E-state index contributed by atoms with van der Waals surface area (Å²) in [6.07, 6.45) is 9.84. The van der Waals surface area contributed by atoms with E-state index in [1.54, 1.807) is 24.3 Å². The van der Waals surface area contributed by atoms with Gasteiger partial charge in [-0.05, 0) is 56.7 Å². The number of fused-ring (bicyclic) bond motifs is 1. The lowest BCUT2D eigenvalue weighted by Gasteiger charge is -2.34. The van der Waals surface area contributed by atoms with Gasteiger partial charge in [0.2, 0.25) is 0 Å². The summed E-state index contributed by atoms with van der Waals surface area (Å²) in [5.41, 5.74) is 5.20. The van der Waals surface area contributed by atoms with Crippen LogP contribution in [0.15, 0.2) is 53.8 Å². The first-order valence-corrected chi connectivity index (χ1v) is 13.1. The van der Waals surface area contributed by atoms with Crippen LogP contribution in [0, 0.1) is 12.8 Å². The van der Waals surface area contributed by atoms with Gasteiger partial charge in [0.25, 0.3) is 10.1 Å². The van der Waals surface area contributed by atoms with Gasteiger partial charge < -0.3 is 0 Å². The Hall–Kier alpha value is -3.04. The van der Waals surface area contributed by atoms with Crippen LogP contribution >= 0.6 is 0 Å². The molecule has 34 heavy (non-hydrogen) atoms. The number of rotatable bonds is 7. The molecule has 176 valence electrons. The molecule has 3 heterocycles. The highest BCUT2D eigenvalue weighted by Crippen LogP contribution is 2.45.